The molecule has 3 aliphatic rings. The van der Waals surface area contributed by atoms with Crippen LogP contribution in [0.25, 0.3) is 0 Å². The topological polar surface area (TPSA) is 74.8 Å². The molecule has 1 fully saturated rings. The first-order chi connectivity index (χ1) is 18.6. The van der Waals surface area contributed by atoms with Crippen molar-refractivity contribution < 1.29 is 27.5 Å². The van der Waals surface area contributed by atoms with Gasteiger partial charge in [-0.1, -0.05) is 17.4 Å². The summed E-state index contributed by atoms with van der Waals surface area (Å²) in [4.78, 5) is 34.7. The Morgan fingerprint density at radius 3 is 2.69 bits per heavy atom. The third-order valence-electron chi connectivity index (χ3n) is 8.25. The molecular formula is C28H35F3N4O3S. The molecule has 2 amide bonds. The van der Waals surface area contributed by atoms with E-state index in [0.29, 0.717) is 23.6 Å². The van der Waals surface area contributed by atoms with Crippen molar-refractivity contribution in [3.63, 3.8) is 0 Å². The Morgan fingerprint density at radius 1 is 1.21 bits per heavy atom. The molecule has 3 heterocycles. The van der Waals surface area contributed by atoms with E-state index in [0.717, 1.165) is 87.6 Å². The molecule has 39 heavy (non-hydrogen) atoms. The third-order valence-corrected chi connectivity index (χ3v) is 9.29. The van der Waals surface area contributed by atoms with Crippen molar-refractivity contribution in [1.29, 1.82) is 0 Å². The Hall–Kier alpha value is -2.66. The van der Waals surface area contributed by atoms with Crippen LogP contribution in [0, 0.1) is 5.92 Å². The highest BCUT2D eigenvalue weighted by Crippen LogP contribution is 2.33. The van der Waals surface area contributed by atoms with Crippen molar-refractivity contribution in [2.45, 2.75) is 76.7 Å². The summed E-state index contributed by atoms with van der Waals surface area (Å²) in [6.45, 7) is 4.18. The van der Waals surface area contributed by atoms with E-state index in [1.54, 1.807) is 30.1 Å². The standard InChI is InChI=1S/C28H35F3N4O3S/c1-17(28(29,30)31)38-27-33-23-11-14-35(15-12-24(23)39-27)13-10-18-6-8-19(9-7-18)32-25(36)20-4-3-5-21-22(20)16-34(2)26(21)37/h3-5,17-19H,6-16H2,1-2H3,(H,32,36). The molecule has 1 aliphatic carbocycles. The Labute approximate surface area is 230 Å². The predicted molar refractivity (Wildman–Crippen MR) is 142 cm³/mol. The van der Waals surface area contributed by atoms with Crippen LogP contribution in [0.2, 0.25) is 0 Å². The first-order valence-corrected chi connectivity index (χ1v) is 14.5. The summed E-state index contributed by atoms with van der Waals surface area (Å²) in [6.07, 6.45) is 0.373. The molecule has 0 saturated heterocycles. The van der Waals surface area contributed by atoms with Crippen LogP contribution >= 0.6 is 11.3 Å². The van der Waals surface area contributed by atoms with Gasteiger partial charge in [-0.2, -0.15) is 13.2 Å². The molecule has 1 unspecified atom stereocenters. The van der Waals surface area contributed by atoms with E-state index in [1.165, 1.54) is 11.3 Å². The van der Waals surface area contributed by atoms with Crippen LogP contribution < -0.4 is 10.1 Å². The molecular weight excluding hydrogens is 529 g/mol. The number of fused-ring (bicyclic) bond motifs is 2. The molecule has 212 valence electrons. The van der Waals surface area contributed by atoms with Crippen molar-refractivity contribution in [3.8, 4) is 5.19 Å². The van der Waals surface area contributed by atoms with Crippen molar-refractivity contribution >= 4 is 23.2 Å². The smallest absolute Gasteiger partial charge is 0.425 e. The zero-order valence-electron chi connectivity index (χ0n) is 22.4. The van der Waals surface area contributed by atoms with E-state index in [2.05, 4.69) is 15.2 Å². The molecule has 1 aromatic carbocycles. The maximum Gasteiger partial charge on any atom is 0.425 e. The number of rotatable bonds is 7. The summed E-state index contributed by atoms with van der Waals surface area (Å²) >= 11 is 1.24. The maximum atomic E-state index is 13.0. The first kappa shape index (κ1) is 27.9. The van der Waals surface area contributed by atoms with E-state index >= 15 is 0 Å². The minimum atomic E-state index is -4.40. The summed E-state index contributed by atoms with van der Waals surface area (Å²) in [7, 11) is 1.75. The van der Waals surface area contributed by atoms with E-state index in [-0.39, 0.29) is 23.0 Å². The maximum absolute atomic E-state index is 13.0. The van der Waals surface area contributed by atoms with Crippen molar-refractivity contribution in [2.75, 3.05) is 26.7 Å². The number of ether oxygens (including phenoxy) is 1. The van der Waals surface area contributed by atoms with Crippen LogP contribution in [0.5, 0.6) is 5.19 Å². The lowest BCUT2D eigenvalue weighted by atomic mass is 9.84. The van der Waals surface area contributed by atoms with Crippen molar-refractivity contribution in [3.05, 3.63) is 45.5 Å². The van der Waals surface area contributed by atoms with Gasteiger partial charge >= 0.3 is 6.18 Å². The number of aromatic nitrogens is 1. The van der Waals surface area contributed by atoms with Crippen molar-refractivity contribution in [2.24, 2.45) is 5.92 Å². The molecule has 1 atom stereocenters. The highest BCUT2D eigenvalue weighted by Gasteiger charge is 2.39. The fourth-order valence-electron chi connectivity index (χ4n) is 5.79. The van der Waals surface area contributed by atoms with Crippen LogP contribution in [0.15, 0.2) is 18.2 Å². The Morgan fingerprint density at radius 2 is 1.95 bits per heavy atom. The Kier molecular flexibility index (Phi) is 8.19. The number of benzene rings is 1. The minimum absolute atomic E-state index is 0.0363. The average Bonchev–Trinajstić information content (AvgIpc) is 3.35. The highest BCUT2D eigenvalue weighted by atomic mass is 32.1. The first-order valence-electron chi connectivity index (χ1n) is 13.7. The van der Waals surface area contributed by atoms with Gasteiger partial charge in [-0.05, 0) is 75.6 Å². The van der Waals surface area contributed by atoms with Gasteiger partial charge in [0.25, 0.3) is 17.0 Å². The number of carbonyl (C=O) groups excluding carboxylic acids is 2. The summed E-state index contributed by atoms with van der Waals surface area (Å²) in [5.41, 5.74) is 2.91. The lowest BCUT2D eigenvalue weighted by Crippen LogP contribution is -2.38. The van der Waals surface area contributed by atoms with Crippen molar-refractivity contribution in [1.82, 2.24) is 20.1 Å². The largest absolute Gasteiger partial charge is 0.457 e. The van der Waals surface area contributed by atoms with Crippen LogP contribution in [0.3, 0.4) is 0 Å². The normalized spacial score (nSPS) is 22.7. The number of nitrogens with one attached hydrogen (secondary N) is 1. The summed E-state index contributed by atoms with van der Waals surface area (Å²) in [5, 5.41) is 3.31. The van der Waals surface area contributed by atoms with Gasteiger partial charge in [0.2, 0.25) is 0 Å². The highest BCUT2D eigenvalue weighted by molar-refractivity contribution is 7.13. The monoisotopic (exact) mass is 564 g/mol. The van der Waals surface area contributed by atoms with Gasteiger partial charge in [-0.3, -0.25) is 9.59 Å². The lowest BCUT2D eigenvalue weighted by molar-refractivity contribution is -0.189. The minimum Gasteiger partial charge on any atom is -0.457 e. The van der Waals surface area contributed by atoms with Gasteiger partial charge in [0.15, 0.2) is 6.10 Å². The fourth-order valence-corrected chi connectivity index (χ4v) is 6.80. The van der Waals surface area contributed by atoms with Crippen LogP contribution in [0.1, 0.15) is 75.9 Å². The number of amides is 2. The van der Waals surface area contributed by atoms with Gasteiger partial charge in [0.1, 0.15) is 0 Å². The van der Waals surface area contributed by atoms with Crippen LogP contribution in [0.4, 0.5) is 13.2 Å². The fraction of sp³-hybridized carbons (Fsp3) is 0.607. The Balaban J connectivity index is 1.04. The molecule has 0 spiro atoms. The average molecular weight is 565 g/mol. The second-order valence-corrected chi connectivity index (χ2v) is 12.0. The Bertz CT molecular complexity index is 1180. The van der Waals surface area contributed by atoms with Crippen LogP contribution in [-0.4, -0.2) is 71.6 Å². The van der Waals surface area contributed by atoms with Gasteiger partial charge in [0, 0.05) is 55.1 Å². The molecule has 0 radical (unpaired) electrons. The quantitative estimate of drug-likeness (QED) is 0.521. The predicted octanol–water partition coefficient (Wildman–Crippen LogP) is 4.84. The van der Waals surface area contributed by atoms with Gasteiger partial charge in [-0.15, -0.1) is 0 Å². The second kappa shape index (κ2) is 11.4. The lowest BCUT2D eigenvalue weighted by Gasteiger charge is -2.31. The number of alkyl halides is 3. The molecule has 1 saturated carbocycles. The van der Waals surface area contributed by atoms with Gasteiger partial charge in [-0.25, -0.2) is 4.98 Å². The number of hydrogen-bond acceptors (Lipinski definition) is 6. The molecule has 7 nitrogen and oxygen atoms in total. The number of thiazole rings is 1. The van der Waals surface area contributed by atoms with E-state index < -0.39 is 12.3 Å². The zero-order valence-corrected chi connectivity index (χ0v) is 23.2. The number of carbonyl (C=O) groups is 2. The SMILES string of the molecule is CC(Oc1nc2c(s1)CCN(CCC1CCC(NC(=O)c3cccc4c3CN(C)C4=O)CC1)CC2)C(F)(F)F. The molecule has 0 bridgehead atoms. The number of nitrogens with zero attached hydrogens (tertiary/aromatic N) is 3. The molecule has 5 rings (SSSR count). The zero-order chi connectivity index (χ0) is 27.7. The van der Waals surface area contributed by atoms with E-state index in [1.807, 2.05) is 0 Å². The van der Waals surface area contributed by atoms with Gasteiger partial charge < -0.3 is 19.9 Å². The summed E-state index contributed by atoms with van der Waals surface area (Å²) in [6, 6.07) is 5.52. The molecule has 11 heteroatoms. The summed E-state index contributed by atoms with van der Waals surface area (Å²) in [5.74, 6) is 0.487. The van der Waals surface area contributed by atoms with Gasteiger partial charge in [0.05, 0.1) is 5.69 Å². The third kappa shape index (κ3) is 6.40. The molecule has 2 aromatic rings. The molecule has 1 N–H and O–H groups in total. The van der Waals surface area contributed by atoms with Crippen LogP contribution in [-0.2, 0) is 19.4 Å². The number of halogens is 3. The van der Waals surface area contributed by atoms with E-state index in [9.17, 15) is 22.8 Å². The molecule has 1 aromatic heterocycles. The molecule has 2 aliphatic heterocycles. The second-order valence-electron chi connectivity index (χ2n) is 11.0. The summed E-state index contributed by atoms with van der Waals surface area (Å²) < 4.78 is 43.4. The number of hydrogen-bond donors (Lipinski definition) is 1. The van der Waals surface area contributed by atoms with E-state index in [4.69, 9.17) is 4.74 Å².